The molecule has 2 unspecified atom stereocenters. The molecular weight excluding hydrogens is 302 g/mol. The van der Waals surface area contributed by atoms with Crippen LogP contribution in [0.4, 0.5) is 0 Å². The maximum atomic E-state index is 11.1. The van der Waals surface area contributed by atoms with Gasteiger partial charge < -0.3 is 19.7 Å². The van der Waals surface area contributed by atoms with Crippen LogP contribution in [0.2, 0.25) is 0 Å². The van der Waals surface area contributed by atoms with Crippen LogP contribution >= 0.6 is 7.60 Å². The van der Waals surface area contributed by atoms with Gasteiger partial charge in [0, 0.05) is 11.9 Å². The van der Waals surface area contributed by atoms with Crippen molar-refractivity contribution in [1.82, 2.24) is 0 Å². The van der Waals surface area contributed by atoms with E-state index in [-0.39, 0.29) is 36.0 Å². The van der Waals surface area contributed by atoms with Crippen LogP contribution in [-0.2, 0) is 9.36 Å². The van der Waals surface area contributed by atoms with E-state index in [1.54, 1.807) is 0 Å². The van der Waals surface area contributed by atoms with Crippen molar-refractivity contribution in [2.45, 2.75) is 77.3 Å². The van der Waals surface area contributed by atoms with E-state index in [0.29, 0.717) is 6.42 Å². The van der Waals surface area contributed by atoms with Crippen LogP contribution in [0.15, 0.2) is 0 Å². The van der Waals surface area contributed by atoms with Crippen molar-refractivity contribution in [3.8, 4) is 0 Å². The molecule has 0 aliphatic rings. The standard InChI is InChI=1S/C14H29O5P.Na/c1-3-4-5-6-7-8-9-10-11-13(14(15)16)12(2)20(17,18)19;/h12-13H,3-11H2,1-2H3,(H,15,16)(H2,17,18,19);/q;+1/p-1. The fourth-order valence-corrected chi connectivity index (χ4v) is 3.03. The van der Waals surface area contributed by atoms with E-state index in [1.165, 1.54) is 32.6 Å². The van der Waals surface area contributed by atoms with Crippen molar-refractivity contribution in [2.75, 3.05) is 0 Å². The number of carboxylic acids is 1. The first-order valence-corrected chi connectivity index (χ1v) is 9.25. The van der Waals surface area contributed by atoms with Gasteiger partial charge >= 0.3 is 37.2 Å². The van der Waals surface area contributed by atoms with Gasteiger partial charge in [-0.05, 0) is 6.42 Å². The number of hydrogen-bond donors (Lipinski definition) is 2. The predicted octanol–water partition coefficient (Wildman–Crippen LogP) is -0.546. The normalized spacial score (nSPS) is 14.3. The number of hydrogen-bond acceptors (Lipinski definition) is 3. The van der Waals surface area contributed by atoms with Crippen molar-refractivity contribution in [3.05, 3.63) is 0 Å². The minimum absolute atomic E-state index is 0. The molecule has 0 aromatic rings. The van der Waals surface area contributed by atoms with Gasteiger partial charge in [-0.2, -0.15) is 0 Å². The Kier molecular flexibility index (Phi) is 14.9. The van der Waals surface area contributed by atoms with Gasteiger partial charge in [0.15, 0.2) is 0 Å². The van der Waals surface area contributed by atoms with Gasteiger partial charge in [-0.15, -0.1) is 0 Å². The maximum absolute atomic E-state index is 11.1. The Labute approximate surface area is 150 Å². The Morgan fingerprint density at radius 1 is 1.05 bits per heavy atom. The fourth-order valence-electron chi connectivity index (χ4n) is 2.29. The average Bonchev–Trinajstić information content (AvgIpc) is 2.34. The molecule has 0 saturated carbocycles. The third-order valence-corrected chi connectivity index (χ3v) is 5.21. The molecule has 2 atom stereocenters. The third kappa shape index (κ3) is 11.8. The second-order valence-electron chi connectivity index (χ2n) is 5.52. The van der Waals surface area contributed by atoms with E-state index >= 15 is 0 Å². The first-order valence-electron chi connectivity index (χ1n) is 7.56. The number of carbonyl (C=O) groups is 1. The smallest absolute Gasteiger partial charge is 0.550 e. The van der Waals surface area contributed by atoms with E-state index in [4.69, 9.17) is 9.79 Å². The first-order chi connectivity index (χ1) is 9.30. The summed E-state index contributed by atoms with van der Waals surface area (Å²) in [7, 11) is -4.36. The summed E-state index contributed by atoms with van der Waals surface area (Å²) in [6.07, 6.45) is 8.98. The van der Waals surface area contributed by atoms with Gasteiger partial charge in [0.1, 0.15) is 0 Å². The molecule has 2 N–H and O–H groups in total. The summed E-state index contributed by atoms with van der Waals surface area (Å²) in [5.74, 6) is -2.42. The molecule has 0 aromatic heterocycles. The molecular formula is C14H28NaO5P. The molecule has 0 spiro atoms. The minimum Gasteiger partial charge on any atom is -0.550 e. The summed E-state index contributed by atoms with van der Waals surface area (Å²) in [5, 5.41) is 11.0. The van der Waals surface area contributed by atoms with E-state index < -0.39 is 25.1 Å². The molecule has 0 amide bonds. The Morgan fingerprint density at radius 2 is 1.48 bits per heavy atom. The number of carboxylic acid groups (broad SMARTS) is 1. The van der Waals surface area contributed by atoms with E-state index in [2.05, 4.69) is 6.92 Å². The zero-order valence-electron chi connectivity index (χ0n) is 13.6. The molecule has 0 heterocycles. The molecule has 21 heavy (non-hydrogen) atoms. The fraction of sp³-hybridized carbons (Fsp3) is 0.929. The minimum atomic E-state index is -4.36. The number of aliphatic carboxylic acids is 1. The topological polar surface area (TPSA) is 97.7 Å². The molecule has 0 saturated heterocycles. The Bertz CT molecular complexity index is 318. The van der Waals surface area contributed by atoms with Gasteiger partial charge in [0.05, 0.1) is 5.66 Å². The third-order valence-electron chi connectivity index (χ3n) is 3.78. The molecule has 0 aromatic carbocycles. The van der Waals surface area contributed by atoms with Crippen molar-refractivity contribution in [3.63, 3.8) is 0 Å². The molecule has 0 rings (SSSR count). The largest absolute Gasteiger partial charge is 1.00 e. The zero-order valence-corrected chi connectivity index (χ0v) is 16.5. The van der Waals surface area contributed by atoms with Crippen molar-refractivity contribution < 1.29 is 53.8 Å². The van der Waals surface area contributed by atoms with Gasteiger partial charge in [-0.25, -0.2) is 0 Å². The second kappa shape index (κ2) is 13.1. The number of unbranched alkanes of at least 4 members (excludes halogenated alkanes) is 7. The van der Waals surface area contributed by atoms with Crippen LogP contribution < -0.4 is 34.7 Å². The van der Waals surface area contributed by atoms with Crippen LogP contribution in [0, 0.1) is 5.92 Å². The molecule has 0 aliphatic heterocycles. The second-order valence-corrected chi connectivity index (χ2v) is 7.51. The summed E-state index contributed by atoms with van der Waals surface area (Å²) < 4.78 is 11.1. The molecule has 0 fully saturated rings. The molecule has 5 nitrogen and oxygen atoms in total. The van der Waals surface area contributed by atoms with Crippen molar-refractivity contribution in [2.24, 2.45) is 5.92 Å². The van der Waals surface area contributed by atoms with Crippen LogP contribution in [0.1, 0.15) is 71.6 Å². The number of carbonyl (C=O) groups excluding carboxylic acids is 1. The number of rotatable bonds is 12. The predicted molar refractivity (Wildman–Crippen MR) is 77.2 cm³/mol. The SMILES string of the molecule is CCCCCCCCCCC(C(=O)[O-])C(C)P(=O)(O)O.[Na+]. The van der Waals surface area contributed by atoms with Gasteiger partial charge in [-0.1, -0.05) is 65.2 Å². The van der Waals surface area contributed by atoms with Crippen LogP contribution in [-0.4, -0.2) is 21.4 Å². The molecule has 120 valence electrons. The quantitative estimate of drug-likeness (QED) is 0.284. The monoisotopic (exact) mass is 330 g/mol. The maximum Gasteiger partial charge on any atom is 1.00 e. The van der Waals surface area contributed by atoms with Gasteiger partial charge in [-0.3, -0.25) is 4.57 Å². The summed E-state index contributed by atoms with van der Waals surface area (Å²) in [5.41, 5.74) is -1.17. The summed E-state index contributed by atoms with van der Waals surface area (Å²) in [4.78, 5) is 29.1. The molecule has 0 aliphatic carbocycles. The van der Waals surface area contributed by atoms with Gasteiger partial charge in [0.25, 0.3) is 0 Å². The zero-order chi connectivity index (χ0) is 15.6. The Hall–Kier alpha value is 0.620. The summed E-state index contributed by atoms with van der Waals surface area (Å²) in [6, 6.07) is 0. The van der Waals surface area contributed by atoms with Crippen molar-refractivity contribution >= 4 is 13.6 Å². The molecule has 0 radical (unpaired) electrons. The average molecular weight is 330 g/mol. The summed E-state index contributed by atoms with van der Waals surface area (Å²) >= 11 is 0. The molecule has 0 bridgehead atoms. The van der Waals surface area contributed by atoms with E-state index in [1.807, 2.05) is 0 Å². The van der Waals surface area contributed by atoms with Crippen LogP contribution in [0.25, 0.3) is 0 Å². The van der Waals surface area contributed by atoms with Crippen LogP contribution in [0.3, 0.4) is 0 Å². The Balaban J connectivity index is 0. The van der Waals surface area contributed by atoms with E-state index in [9.17, 15) is 14.5 Å². The Morgan fingerprint density at radius 3 is 1.86 bits per heavy atom. The van der Waals surface area contributed by atoms with Crippen LogP contribution in [0.5, 0.6) is 0 Å². The van der Waals surface area contributed by atoms with Crippen molar-refractivity contribution in [1.29, 1.82) is 0 Å². The summed E-state index contributed by atoms with van der Waals surface area (Å²) in [6.45, 7) is 3.45. The van der Waals surface area contributed by atoms with E-state index in [0.717, 1.165) is 19.3 Å². The molecule has 7 heteroatoms. The first kappa shape index (κ1) is 23.9. The van der Waals surface area contributed by atoms with Gasteiger partial charge in [0.2, 0.25) is 0 Å².